The van der Waals surface area contributed by atoms with Crippen molar-refractivity contribution in [3.05, 3.63) is 65.7 Å². The molecule has 2 rings (SSSR count). The first-order valence-electron chi connectivity index (χ1n) is 6.22. The fourth-order valence-electron chi connectivity index (χ4n) is 2.03. The lowest BCUT2D eigenvalue weighted by Crippen LogP contribution is -2.27. The lowest BCUT2D eigenvalue weighted by molar-refractivity contribution is 0.330. The first-order valence-corrected chi connectivity index (χ1v) is 6.22. The van der Waals surface area contributed by atoms with Crippen LogP contribution in [0, 0.1) is 6.92 Å². The van der Waals surface area contributed by atoms with Gasteiger partial charge < -0.3 is 5.32 Å². The summed E-state index contributed by atoms with van der Waals surface area (Å²) in [7, 11) is 4.17. The second-order valence-corrected chi connectivity index (χ2v) is 4.74. The third-order valence-electron chi connectivity index (χ3n) is 3.07. The molecule has 94 valence electrons. The fourth-order valence-corrected chi connectivity index (χ4v) is 2.03. The second-order valence-electron chi connectivity index (χ2n) is 4.74. The Balaban J connectivity index is 2.26. The van der Waals surface area contributed by atoms with Crippen molar-refractivity contribution in [2.45, 2.75) is 13.1 Å². The van der Waals surface area contributed by atoms with E-state index in [0.29, 0.717) is 0 Å². The van der Waals surface area contributed by atoms with Crippen LogP contribution in [0.1, 0.15) is 17.3 Å². The zero-order chi connectivity index (χ0) is 13.0. The van der Waals surface area contributed by atoms with Gasteiger partial charge in [-0.15, -0.1) is 0 Å². The highest BCUT2D eigenvalue weighted by Crippen LogP contribution is 2.23. The van der Waals surface area contributed by atoms with Crippen molar-refractivity contribution >= 4 is 5.69 Å². The summed E-state index contributed by atoms with van der Waals surface area (Å²) in [5.74, 6) is 0. The van der Waals surface area contributed by atoms with E-state index in [1.54, 1.807) is 0 Å². The van der Waals surface area contributed by atoms with Crippen LogP contribution >= 0.6 is 0 Å². The van der Waals surface area contributed by atoms with Crippen LogP contribution in [0.3, 0.4) is 0 Å². The molecule has 0 aliphatic rings. The molecule has 2 heteroatoms. The van der Waals surface area contributed by atoms with E-state index in [1.807, 2.05) is 6.07 Å². The number of anilines is 1. The fraction of sp³-hybridized carbons (Fsp3) is 0.250. The normalized spacial score (nSPS) is 12.4. The number of hydrogen-bond acceptors (Lipinski definition) is 2. The van der Waals surface area contributed by atoms with Crippen LogP contribution in [0.25, 0.3) is 0 Å². The minimum Gasteiger partial charge on any atom is -0.366 e. The molecule has 0 aliphatic heterocycles. The highest BCUT2D eigenvalue weighted by molar-refractivity contribution is 5.51. The molecule has 1 atom stereocenters. The highest BCUT2D eigenvalue weighted by atomic mass is 15.2. The third kappa shape index (κ3) is 2.90. The summed E-state index contributed by atoms with van der Waals surface area (Å²) in [6, 6.07) is 18.9. The molecule has 0 aliphatic carbocycles. The average molecular weight is 240 g/mol. The van der Waals surface area contributed by atoms with E-state index in [9.17, 15) is 0 Å². The number of rotatable bonds is 4. The number of para-hydroxylation sites is 1. The molecule has 0 saturated heterocycles. The van der Waals surface area contributed by atoms with E-state index in [4.69, 9.17) is 0 Å². The Morgan fingerprint density at radius 1 is 0.889 bits per heavy atom. The number of hydrogen-bond donors (Lipinski definition) is 1. The molecule has 1 unspecified atom stereocenters. The van der Waals surface area contributed by atoms with Crippen LogP contribution in [0.15, 0.2) is 54.6 Å². The van der Waals surface area contributed by atoms with Crippen molar-refractivity contribution in [1.29, 1.82) is 0 Å². The van der Waals surface area contributed by atoms with Gasteiger partial charge in [-0.05, 0) is 38.2 Å². The van der Waals surface area contributed by atoms with Crippen LogP contribution in [-0.2, 0) is 0 Å². The number of benzene rings is 2. The van der Waals surface area contributed by atoms with Gasteiger partial charge >= 0.3 is 0 Å². The summed E-state index contributed by atoms with van der Waals surface area (Å²) in [6.45, 7) is 2.13. The molecular formula is C16H20N2. The third-order valence-corrected chi connectivity index (χ3v) is 3.07. The smallest absolute Gasteiger partial charge is 0.105 e. The molecule has 0 spiro atoms. The number of nitrogens with zero attached hydrogens (tertiary/aromatic N) is 1. The van der Waals surface area contributed by atoms with Crippen molar-refractivity contribution < 1.29 is 0 Å². The highest BCUT2D eigenvalue weighted by Gasteiger charge is 2.13. The molecule has 0 saturated carbocycles. The summed E-state index contributed by atoms with van der Waals surface area (Å²) in [5.41, 5.74) is 3.71. The van der Waals surface area contributed by atoms with Gasteiger partial charge in [-0.25, -0.2) is 0 Å². The van der Waals surface area contributed by atoms with E-state index >= 15 is 0 Å². The van der Waals surface area contributed by atoms with E-state index < -0.39 is 0 Å². The summed E-state index contributed by atoms with van der Waals surface area (Å²) >= 11 is 0. The average Bonchev–Trinajstić information content (AvgIpc) is 2.38. The number of nitrogens with one attached hydrogen (secondary N) is 1. The minimum absolute atomic E-state index is 0.187. The Morgan fingerprint density at radius 3 is 2.11 bits per heavy atom. The lowest BCUT2D eigenvalue weighted by Gasteiger charge is -2.27. The maximum Gasteiger partial charge on any atom is 0.105 e. The van der Waals surface area contributed by atoms with Gasteiger partial charge in [0.2, 0.25) is 0 Å². The predicted octanol–water partition coefficient (Wildman–Crippen LogP) is 3.67. The van der Waals surface area contributed by atoms with Crippen LogP contribution in [0.4, 0.5) is 5.69 Å². The molecule has 18 heavy (non-hydrogen) atoms. The second kappa shape index (κ2) is 5.69. The van der Waals surface area contributed by atoms with Gasteiger partial charge in [-0.2, -0.15) is 0 Å². The Labute approximate surface area is 109 Å². The van der Waals surface area contributed by atoms with E-state index in [0.717, 1.165) is 0 Å². The molecular weight excluding hydrogens is 220 g/mol. The number of aryl methyl sites for hydroxylation is 1. The Bertz CT molecular complexity index is 491. The van der Waals surface area contributed by atoms with Crippen molar-refractivity contribution in [2.75, 3.05) is 19.4 Å². The van der Waals surface area contributed by atoms with E-state index in [1.165, 1.54) is 16.8 Å². The quantitative estimate of drug-likeness (QED) is 0.820. The predicted molar refractivity (Wildman–Crippen MR) is 77.7 cm³/mol. The van der Waals surface area contributed by atoms with Crippen molar-refractivity contribution in [3.8, 4) is 0 Å². The Morgan fingerprint density at radius 2 is 1.50 bits per heavy atom. The summed E-state index contributed by atoms with van der Waals surface area (Å²) in [6.07, 6.45) is 0.187. The molecule has 0 radical (unpaired) electrons. The summed E-state index contributed by atoms with van der Waals surface area (Å²) in [4.78, 5) is 2.18. The van der Waals surface area contributed by atoms with Crippen molar-refractivity contribution in [3.63, 3.8) is 0 Å². The van der Waals surface area contributed by atoms with Crippen LogP contribution in [-0.4, -0.2) is 19.0 Å². The first-order chi connectivity index (χ1) is 8.68. The SMILES string of the molecule is Cc1ccccc1NC(c1ccccc1)N(C)C. The summed E-state index contributed by atoms with van der Waals surface area (Å²) in [5, 5.41) is 3.59. The van der Waals surface area contributed by atoms with Gasteiger partial charge in [0.15, 0.2) is 0 Å². The van der Waals surface area contributed by atoms with Gasteiger partial charge in [-0.1, -0.05) is 48.5 Å². The molecule has 0 heterocycles. The Hall–Kier alpha value is -1.80. The van der Waals surface area contributed by atoms with Gasteiger partial charge in [0.25, 0.3) is 0 Å². The maximum atomic E-state index is 3.59. The van der Waals surface area contributed by atoms with Crippen LogP contribution < -0.4 is 5.32 Å². The van der Waals surface area contributed by atoms with E-state index in [2.05, 4.69) is 79.8 Å². The van der Waals surface area contributed by atoms with Gasteiger partial charge in [0.05, 0.1) is 0 Å². The Kier molecular flexibility index (Phi) is 4.00. The van der Waals surface area contributed by atoms with E-state index in [-0.39, 0.29) is 6.17 Å². The molecule has 0 aromatic heterocycles. The molecule has 0 amide bonds. The molecule has 1 N–H and O–H groups in total. The zero-order valence-corrected chi connectivity index (χ0v) is 11.2. The van der Waals surface area contributed by atoms with Crippen molar-refractivity contribution in [2.24, 2.45) is 0 Å². The lowest BCUT2D eigenvalue weighted by atomic mass is 10.1. The van der Waals surface area contributed by atoms with Gasteiger partial charge in [0.1, 0.15) is 6.17 Å². The molecule has 0 fully saturated rings. The molecule has 0 bridgehead atoms. The summed E-state index contributed by atoms with van der Waals surface area (Å²) < 4.78 is 0. The minimum atomic E-state index is 0.187. The van der Waals surface area contributed by atoms with Crippen molar-refractivity contribution in [1.82, 2.24) is 4.90 Å². The van der Waals surface area contributed by atoms with Gasteiger partial charge in [0, 0.05) is 5.69 Å². The maximum absolute atomic E-state index is 3.59. The topological polar surface area (TPSA) is 15.3 Å². The molecule has 2 aromatic rings. The standard InChI is InChI=1S/C16H20N2/c1-13-9-7-8-12-15(13)17-16(18(2)3)14-10-5-4-6-11-14/h4-12,16-17H,1-3H3. The first kappa shape index (κ1) is 12.7. The van der Waals surface area contributed by atoms with Crippen LogP contribution in [0.2, 0.25) is 0 Å². The molecule has 2 aromatic carbocycles. The van der Waals surface area contributed by atoms with Crippen LogP contribution in [0.5, 0.6) is 0 Å². The monoisotopic (exact) mass is 240 g/mol. The zero-order valence-electron chi connectivity index (χ0n) is 11.2. The van der Waals surface area contributed by atoms with Gasteiger partial charge in [-0.3, -0.25) is 4.90 Å². The largest absolute Gasteiger partial charge is 0.366 e. The molecule has 2 nitrogen and oxygen atoms in total.